The summed E-state index contributed by atoms with van der Waals surface area (Å²) < 4.78 is 0.953. The molecule has 17 heavy (non-hydrogen) atoms. The first-order valence-electron chi connectivity index (χ1n) is 5.23. The first-order chi connectivity index (χ1) is 8.07. The van der Waals surface area contributed by atoms with E-state index in [-0.39, 0.29) is 5.91 Å². The van der Waals surface area contributed by atoms with Gasteiger partial charge in [0.25, 0.3) is 0 Å². The third kappa shape index (κ3) is 2.01. The second-order valence-corrected chi connectivity index (χ2v) is 5.71. The lowest BCUT2D eigenvalue weighted by Gasteiger charge is -2.06. The Morgan fingerprint density at radius 1 is 1.53 bits per heavy atom. The highest BCUT2D eigenvalue weighted by Gasteiger charge is 2.46. The molecule has 1 aliphatic rings. The van der Waals surface area contributed by atoms with Crippen LogP contribution in [0.25, 0.3) is 10.2 Å². The summed E-state index contributed by atoms with van der Waals surface area (Å²) in [6.45, 7) is 0. The molecule has 1 fully saturated rings. The molecular formula is C11H10ClN3OS. The van der Waals surface area contributed by atoms with E-state index in [2.05, 4.69) is 10.3 Å². The molecule has 0 unspecified atom stereocenters. The van der Waals surface area contributed by atoms with Gasteiger partial charge in [-0.15, -0.1) is 0 Å². The van der Waals surface area contributed by atoms with Gasteiger partial charge in [-0.25, -0.2) is 4.98 Å². The number of nitrogens with two attached hydrogens (primary N) is 1. The van der Waals surface area contributed by atoms with Gasteiger partial charge in [0.2, 0.25) is 5.91 Å². The summed E-state index contributed by atoms with van der Waals surface area (Å²) in [6, 6.07) is 5.44. The van der Waals surface area contributed by atoms with E-state index in [0.717, 1.165) is 23.1 Å². The number of benzene rings is 1. The highest BCUT2D eigenvalue weighted by atomic mass is 35.5. The van der Waals surface area contributed by atoms with Gasteiger partial charge in [0.1, 0.15) is 0 Å². The Morgan fingerprint density at radius 3 is 3.00 bits per heavy atom. The van der Waals surface area contributed by atoms with Gasteiger partial charge in [-0.1, -0.05) is 22.9 Å². The van der Waals surface area contributed by atoms with Crippen LogP contribution in [0, 0.1) is 0 Å². The number of carbonyl (C=O) groups excluding carboxylic acids is 1. The molecule has 0 spiro atoms. The summed E-state index contributed by atoms with van der Waals surface area (Å²) in [5, 5.41) is 3.99. The number of anilines is 1. The number of hydrogen-bond donors (Lipinski definition) is 2. The minimum Gasteiger partial charge on any atom is -0.317 e. The lowest BCUT2D eigenvalue weighted by Crippen LogP contribution is -2.37. The monoisotopic (exact) mass is 267 g/mol. The molecule has 4 nitrogen and oxygen atoms in total. The van der Waals surface area contributed by atoms with E-state index < -0.39 is 5.54 Å². The average molecular weight is 268 g/mol. The quantitative estimate of drug-likeness (QED) is 0.878. The third-order valence-corrected chi connectivity index (χ3v) is 3.98. The zero-order chi connectivity index (χ0) is 12.0. The van der Waals surface area contributed by atoms with Crippen molar-refractivity contribution >= 4 is 44.2 Å². The Kier molecular flexibility index (Phi) is 2.36. The smallest absolute Gasteiger partial charge is 0.246 e. The molecule has 3 N–H and O–H groups in total. The number of rotatable bonds is 2. The number of thiazole rings is 1. The minimum atomic E-state index is -0.671. The predicted octanol–water partition coefficient (Wildman–Crippen LogP) is 2.38. The molecule has 0 aliphatic heterocycles. The highest BCUT2D eigenvalue weighted by molar-refractivity contribution is 7.22. The van der Waals surface area contributed by atoms with Crippen LogP contribution < -0.4 is 11.1 Å². The maximum absolute atomic E-state index is 11.7. The fourth-order valence-corrected chi connectivity index (χ4v) is 2.67. The van der Waals surface area contributed by atoms with Gasteiger partial charge in [0.05, 0.1) is 15.8 Å². The van der Waals surface area contributed by atoms with E-state index in [1.54, 1.807) is 6.07 Å². The van der Waals surface area contributed by atoms with Crippen LogP contribution in [-0.2, 0) is 4.79 Å². The van der Waals surface area contributed by atoms with Gasteiger partial charge in [0, 0.05) is 5.02 Å². The molecule has 0 atom stereocenters. The standard InChI is InChI=1S/C11H10ClN3OS/c12-6-1-2-7-8(5-6)17-10(14-7)15-9(16)11(13)3-4-11/h1-2,5H,3-4,13H2,(H,14,15,16). The Labute approximate surface area is 107 Å². The predicted molar refractivity (Wildman–Crippen MR) is 69.4 cm³/mol. The summed E-state index contributed by atoms with van der Waals surface area (Å²) in [5.74, 6) is -0.150. The van der Waals surface area contributed by atoms with Crippen molar-refractivity contribution in [2.45, 2.75) is 18.4 Å². The van der Waals surface area contributed by atoms with Gasteiger partial charge in [-0.2, -0.15) is 0 Å². The minimum absolute atomic E-state index is 0.150. The third-order valence-electron chi connectivity index (χ3n) is 2.81. The highest BCUT2D eigenvalue weighted by Crippen LogP contribution is 2.34. The molecule has 1 amide bonds. The molecule has 1 aliphatic carbocycles. The van der Waals surface area contributed by atoms with E-state index in [0.29, 0.717) is 10.2 Å². The summed E-state index contributed by atoms with van der Waals surface area (Å²) in [5.41, 5.74) is 5.96. The number of aromatic nitrogens is 1. The van der Waals surface area contributed by atoms with Crippen LogP contribution in [-0.4, -0.2) is 16.4 Å². The van der Waals surface area contributed by atoms with Crippen molar-refractivity contribution in [2.24, 2.45) is 5.73 Å². The topological polar surface area (TPSA) is 68.0 Å². The molecule has 1 aromatic heterocycles. The van der Waals surface area contributed by atoms with Gasteiger partial charge >= 0.3 is 0 Å². The number of nitrogens with zero attached hydrogens (tertiary/aromatic N) is 1. The lowest BCUT2D eigenvalue weighted by molar-refractivity contribution is -0.118. The fraction of sp³-hybridized carbons (Fsp3) is 0.273. The van der Waals surface area contributed by atoms with Crippen molar-refractivity contribution in [3.63, 3.8) is 0 Å². The number of fused-ring (bicyclic) bond motifs is 1. The number of halogens is 1. The summed E-state index contributed by atoms with van der Waals surface area (Å²) in [6.07, 6.45) is 1.49. The second-order valence-electron chi connectivity index (χ2n) is 4.24. The van der Waals surface area contributed by atoms with Crippen LogP contribution in [0.1, 0.15) is 12.8 Å². The number of hydrogen-bond acceptors (Lipinski definition) is 4. The molecule has 0 saturated heterocycles. The van der Waals surface area contributed by atoms with Crippen molar-refractivity contribution in [1.29, 1.82) is 0 Å². The fourth-order valence-electron chi connectivity index (χ4n) is 1.54. The van der Waals surface area contributed by atoms with Crippen LogP contribution in [0.5, 0.6) is 0 Å². The van der Waals surface area contributed by atoms with E-state index in [1.165, 1.54) is 11.3 Å². The van der Waals surface area contributed by atoms with E-state index in [9.17, 15) is 4.79 Å². The van der Waals surface area contributed by atoms with Crippen LogP contribution in [0.4, 0.5) is 5.13 Å². The molecule has 1 aromatic carbocycles. The van der Waals surface area contributed by atoms with Crippen molar-refractivity contribution < 1.29 is 4.79 Å². The molecule has 0 bridgehead atoms. The van der Waals surface area contributed by atoms with Crippen LogP contribution in [0.3, 0.4) is 0 Å². The lowest BCUT2D eigenvalue weighted by atomic mass is 10.3. The van der Waals surface area contributed by atoms with Gasteiger partial charge < -0.3 is 11.1 Å². The largest absolute Gasteiger partial charge is 0.317 e. The molecule has 1 heterocycles. The zero-order valence-electron chi connectivity index (χ0n) is 8.87. The number of nitrogens with one attached hydrogen (secondary N) is 1. The zero-order valence-corrected chi connectivity index (χ0v) is 10.4. The van der Waals surface area contributed by atoms with E-state index in [1.807, 2.05) is 12.1 Å². The molecule has 0 radical (unpaired) electrons. The average Bonchev–Trinajstić information content (AvgIpc) is 2.90. The summed E-state index contributed by atoms with van der Waals surface area (Å²) >= 11 is 7.29. The van der Waals surface area contributed by atoms with Crippen molar-refractivity contribution in [1.82, 2.24) is 4.98 Å². The van der Waals surface area contributed by atoms with Crippen molar-refractivity contribution in [3.05, 3.63) is 23.2 Å². The first kappa shape index (κ1) is 11.0. The molecule has 2 aromatic rings. The molecular weight excluding hydrogens is 258 g/mol. The SMILES string of the molecule is NC1(C(=O)Nc2nc3ccc(Cl)cc3s2)CC1. The van der Waals surface area contributed by atoms with Crippen molar-refractivity contribution in [2.75, 3.05) is 5.32 Å². The van der Waals surface area contributed by atoms with Gasteiger partial charge in [-0.05, 0) is 31.0 Å². The van der Waals surface area contributed by atoms with Crippen LogP contribution in [0.15, 0.2) is 18.2 Å². The Morgan fingerprint density at radius 2 is 2.29 bits per heavy atom. The van der Waals surface area contributed by atoms with E-state index >= 15 is 0 Å². The van der Waals surface area contributed by atoms with Crippen LogP contribution >= 0.6 is 22.9 Å². The van der Waals surface area contributed by atoms with E-state index in [4.69, 9.17) is 17.3 Å². The Hall–Kier alpha value is -1.17. The van der Waals surface area contributed by atoms with Gasteiger partial charge in [0.15, 0.2) is 5.13 Å². The van der Waals surface area contributed by atoms with Crippen molar-refractivity contribution in [3.8, 4) is 0 Å². The number of amides is 1. The summed E-state index contributed by atoms with van der Waals surface area (Å²) in [7, 11) is 0. The van der Waals surface area contributed by atoms with Gasteiger partial charge in [-0.3, -0.25) is 4.79 Å². The summed E-state index contributed by atoms with van der Waals surface area (Å²) in [4.78, 5) is 16.1. The Balaban J connectivity index is 1.88. The maximum atomic E-state index is 11.7. The molecule has 1 saturated carbocycles. The maximum Gasteiger partial charge on any atom is 0.246 e. The first-order valence-corrected chi connectivity index (χ1v) is 6.43. The molecule has 6 heteroatoms. The molecule has 88 valence electrons. The molecule has 3 rings (SSSR count). The Bertz CT molecular complexity index is 606. The normalized spacial score (nSPS) is 17.1. The van der Waals surface area contributed by atoms with Crippen LogP contribution in [0.2, 0.25) is 5.02 Å². The second kappa shape index (κ2) is 3.66. The number of carbonyl (C=O) groups is 1.